The quantitative estimate of drug-likeness (QED) is 0.846. The van der Waals surface area contributed by atoms with Gasteiger partial charge < -0.3 is 5.11 Å². The van der Waals surface area contributed by atoms with E-state index in [1.807, 2.05) is 35.3 Å². The van der Waals surface area contributed by atoms with Crippen molar-refractivity contribution in [1.82, 2.24) is 9.55 Å². The standard InChI is InChI=1S/C14H14N2O4/c17-12-11(13(18)19)9-16(14(20)15-12)8-4-7-10-5-2-1-3-6-10/h1-3,5-6,9H,4,7-8H2,(H,18,19)(H,15,17,20). The number of nitrogens with one attached hydrogen (secondary N) is 1. The Hall–Kier alpha value is -2.63. The van der Waals surface area contributed by atoms with Crippen molar-refractivity contribution >= 4 is 5.97 Å². The second-order valence-electron chi connectivity index (χ2n) is 4.39. The smallest absolute Gasteiger partial charge is 0.342 e. The third-order valence-electron chi connectivity index (χ3n) is 2.95. The van der Waals surface area contributed by atoms with Crippen molar-refractivity contribution in [3.63, 3.8) is 0 Å². The van der Waals surface area contributed by atoms with Crippen molar-refractivity contribution in [2.75, 3.05) is 0 Å². The Morgan fingerprint density at radius 3 is 2.55 bits per heavy atom. The van der Waals surface area contributed by atoms with Gasteiger partial charge in [-0.25, -0.2) is 9.59 Å². The number of benzene rings is 1. The van der Waals surface area contributed by atoms with E-state index in [1.165, 1.54) is 4.57 Å². The summed E-state index contributed by atoms with van der Waals surface area (Å²) >= 11 is 0. The van der Waals surface area contributed by atoms with Gasteiger partial charge in [-0.15, -0.1) is 0 Å². The summed E-state index contributed by atoms with van der Waals surface area (Å²) in [5.74, 6) is -1.34. The van der Waals surface area contributed by atoms with Crippen LogP contribution in [0.15, 0.2) is 46.1 Å². The molecule has 1 aromatic carbocycles. The normalized spacial score (nSPS) is 10.4. The van der Waals surface area contributed by atoms with Crippen molar-refractivity contribution in [2.45, 2.75) is 19.4 Å². The highest BCUT2D eigenvalue weighted by Gasteiger charge is 2.11. The number of H-pyrrole nitrogens is 1. The molecule has 2 rings (SSSR count). The highest BCUT2D eigenvalue weighted by atomic mass is 16.4. The van der Waals surface area contributed by atoms with Gasteiger partial charge in [0, 0.05) is 12.7 Å². The van der Waals surface area contributed by atoms with Crippen LogP contribution < -0.4 is 11.2 Å². The first-order valence-corrected chi connectivity index (χ1v) is 6.19. The average Bonchev–Trinajstić information content (AvgIpc) is 2.42. The van der Waals surface area contributed by atoms with E-state index >= 15 is 0 Å². The molecule has 0 saturated heterocycles. The number of aromatic nitrogens is 2. The molecule has 0 radical (unpaired) electrons. The molecular weight excluding hydrogens is 260 g/mol. The third-order valence-corrected chi connectivity index (χ3v) is 2.95. The number of aryl methyl sites for hydroxylation is 2. The molecule has 0 aliphatic heterocycles. The Balaban J connectivity index is 2.10. The lowest BCUT2D eigenvalue weighted by molar-refractivity contribution is 0.0693. The molecule has 2 aromatic rings. The molecular formula is C14H14N2O4. The molecule has 0 aliphatic rings. The lowest BCUT2D eigenvalue weighted by atomic mass is 10.1. The summed E-state index contributed by atoms with van der Waals surface area (Å²) in [6.07, 6.45) is 2.54. The van der Waals surface area contributed by atoms with Gasteiger partial charge in [-0.2, -0.15) is 0 Å². The Kier molecular flexibility index (Phi) is 4.14. The number of aromatic amines is 1. The second-order valence-corrected chi connectivity index (χ2v) is 4.39. The summed E-state index contributed by atoms with van der Waals surface area (Å²) in [5, 5.41) is 8.85. The van der Waals surface area contributed by atoms with Gasteiger partial charge in [-0.1, -0.05) is 30.3 Å². The molecule has 0 amide bonds. The van der Waals surface area contributed by atoms with Crippen LogP contribution in [0.2, 0.25) is 0 Å². The summed E-state index contributed by atoms with van der Waals surface area (Å²) in [6, 6.07) is 9.76. The van der Waals surface area contributed by atoms with Crippen molar-refractivity contribution in [3.8, 4) is 0 Å². The van der Waals surface area contributed by atoms with Gasteiger partial charge in [0.25, 0.3) is 5.56 Å². The summed E-state index contributed by atoms with van der Waals surface area (Å²) in [5.41, 5.74) is -0.748. The van der Waals surface area contributed by atoms with E-state index in [2.05, 4.69) is 0 Å². The predicted octanol–water partition coefficient (Wildman–Crippen LogP) is 0.868. The van der Waals surface area contributed by atoms with E-state index in [-0.39, 0.29) is 0 Å². The van der Waals surface area contributed by atoms with Gasteiger partial charge in [-0.05, 0) is 18.4 Å². The van der Waals surface area contributed by atoms with Crippen molar-refractivity contribution in [1.29, 1.82) is 0 Å². The number of carbonyl (C=O) groups is 1. The van der Waals surface area contributed by atoms with Gasteiger partial charge in [-0.3, -0.25) is 14.3 Å². The molecule has 6 nitrogen and oxygen atoms in total. The first kappa shape index (κ1) is 13.8. The van der Waals surface area contributed by atoms with E-state index in [0.29, 0.717) is 13.0 Å². The van der Waals surface area contributed by atoms with E-state index in [0.717, 1.165) is 18.2 Å². The zero-order valence-electron chi connectivity index (χ0n) is 10.7. The zero-order chi connectivity index (χ0) is 14.5. The summed E-state index contributed by atoms with van der Waals surface area (Å²) in [6.45, 7) is 0.352. The molecule has 1 heterocycles. The van der Waals surface area contributed by atoms with E-state index in [4.69, 9.17) is 5.11 Å². The average molecular weight is 274 g/mol. The summed E-state index contributed by atoms with van der Waals surface area (Å²) < 4.78 is 1.22. The Bertz CT molecular complexity index is 716. The molecule has 0 atom stereocenters. The Labute approximate surface area is 114 Å². The minimum Gasteiger partial charge on any atom is -0.477 e. The SMILES string of the molecule is O=C(O)c1cn(CCCc2ccccc2)c(=O)[nH]c1=O. The number of rotatable bonds is 5. The molecule has 0 fully saturated rings. The van der Waals surface area contributed by atoms with Crippen LogP contribution in [0.3, 0.4) is 0 Å². The number of nitrogens with zero attached hydrogens (tertiary/aromatic N) is 1. The lowest BCUT2D eigenvalue weighted by Gasteiger charge is -2.06. The molecule has 6 heteroatoms. The van der Waals surface area contributed by atoms with Gasteiger partial charge in [0.05, 0.1) is 0 Å². The molecule has 0 saturated carbocycles. The minimum atomic E-state index is -1.34. The fourth-order valence-corrected chi connectivity index (χ4v) is 1.93. The fraction of sp³-hybridized carbons (Fsp3) is 0.214. The highest BCUT2D eigenvalue weighted by Crippen LogP contribution is 2.03. The predicted molar refractivity (Wildman–Crippen MR) is 73.0 cm³/mol. The monoisotopic (exact) mass is 274 g/mol. The number of hydrogen-bond donors (Lipinski definition) is 2. The molecule has 0 spiro atoms. The maximum atomic E-state index is 11.6. The number of carboxylic acid groups (broad SMARTS) is 1. The largest absolute Gasteiger partial charge is 0.477 e. The number of hydrogen-bond acceptors (Lipinski definition) is 3. The van der Waals surface area contributed by atoms with E-state index in [9.17, 15) is 14.4 Å². The molecule has 1 aromatic heterocycles. The Morgan fingerprint density at radius 1 is 1.20 bits per heavy atom. The van der Waals surface area contributed by atoms with Crippen LogP contribution in [0.25, 0.3) is 0 Å². The van der Waals surface area contributed by atoms with E-state index < -0.39 is 22.8 Å². The number of aromatic carboxylic acids is 1. The van der Waals surface area contributed by atoms with E-state index in [1.54, 1.807) is 0 Å². The molecule has 0 unspecified atom stereocenters. The number of carboxylic acids is 1. The van der Waals surface area contributed by atoms with Crippen molar-refractivity contribution in [2.24, 2.45) is 0 Å². The first-order valence-electron chi connectivity index (χ1n) is 6.19. The van der Waals surface area contributed by atoms with Gasteiger partial charge >= 0.3 is 11.7 Å². The van der Waals surface area contributed by atoms with Crippen LogP contribution in [-0.4, -0.2) is 20.6 Å². The topological polar surface area (TPSA) is 92.2 Å². The molecule has 0 bridgehead atoms. The van der Waals surface area contributed by atoms with Crippen LogP contribution in [0.1, 0.15) is 22.3 Å². The van der Waals surface area contributed by atoms with Crippen LogP contribution in [0, 0.1) is 0 Å². The summed E-state index contributed by atoms with van der Waals surface area (Å²) in [4.78, 5) is 35.7. The van der Waals surface area contributed by atoms with Crippen molar-refractivity contribution in [3.05, 3.63) is 68.5 Å². The molecule has 0 aliphatic carbocycles. The van der Waals surface area contributed by atoms with Gasteiger partial charge in [0.2, 0.25) is 0 Å². The molecule has 104 valence electrons. The van der Waals surface area contributed by atoms with Crippen molar-refractivity contribution < 1.29 is 9.90 Å². The minimum absolute atomic E-state index is 0.352. The van der Waals surface area contributed by atoms with Crippen LogP contribution in [-0.2, 0) is 13.0 Å². The Morgan fingerprint density at radius 2 is 1.90 bits per heavy atom. The van der Waals surface area contributed by atoms with Gasteiger partial charge in [0.1, 0.15) is 5.56 Å². The third kappa shape index (κ3) is 3.23. The zero-order valence-corrected chi connectivity index (χ0v) is 10.7. The summed E-state index contributed by atoms with van der Waals surface area (Å²) in [7, 11) is 0. The maximum absolute atomic E-state index is 11.6. The van der Waals surface area contributed by atoms with Crippen LogP contribution in [0.5, 0.6) is 0 Å². The fourth-order valence-electron chi connectivity index (χ4n) is 1.93. The molecule has 2 N–H and O–H groups in total. The molecule has 20 heavy (non-hydrogen) atoms. The van der Waals surface area contributed by atoms with Crippen LogP contribution in [0.4, 0.5) is 0 Å². The second kappa shape index (κ2) is 6.01. The maximum Gasteiger partial charge on any atom is 0.342 e. The lowest BCUT2D eigenvalue weighted by Crippen LogP contribution is -2.33. The van der Waals surface area contributed by atoms with Gasteiger partial charge in [0.15, 0.2) is 0 Å². The highest BCUT2D eigenvalue weighted by molar-refractivity contribution is 5.86. The first-order chi connectivity index (χ1) is 9.58. The van der Waals surface area contributed by atoms with Crippen LogP contribution >= 0.6 is 0 Å².